The first-order valence-corrected chi connectivity index (χ1v) is 12.9. The molecule has 1 saturated heterocycles. The highest BCUT2D eigenvalue weighted by Gasteiger charge is 2.34. The zero-order chi connectivity index (χ0) is 28.9. The Kier molecular flexibility index (Phi) is 14.7. The molecule has 0 bridgehead atoms. The Bertz CT molecular complexity index is 1030. The van der Waals surface area contributed by atoms with Crippen LogP contribution in [-0.2, 0) is 9.59 Å². The minimum absolute atomic E-state index is 0.0478. The molecule has 1 heterocycles. The molecule has 3 atom stereocenters. The molecule has 0 aromatic heterocycles. The summed E-state index contributed by atoms with van der Waals surface area (Å²) in [6, 6.07) is 7.50. The normalized spacial score (nSPS) is 17.3. The van der Waals surface area contributed by atoms with E-state index < -0.39 is 17.7 Å². The number of nitrogens with one attached hydrogen (secondary N) is 3. The summed E-state index contributed by atoms with van der Waals surface area (Å²) in [5, 5.41) is 25.0. The summed E-state index contributed by atoms with van der Waals surface area (Å²) in [7, 11) is 0. The van der Waals surface area contributed by atoms with Gasteiger partial charge >= 0.3 is 0 Å². The highest BCUT2D eigenvalue weighted by molar-refractivity contribution is 6.31. The molecule has 38 heavy (non-hydrogen) atoms. The van der Waals surface area contributed by atoms with Crippen LogP contribution in [0.5, 0.6) is 0 Å². The SMILES string of the molecule is CC(C)(C)C.O=CNCC[C@@H](O)CO.O=CNc1cc(Cl)c(F)cc1[C@@H]1CNC[C@@H]1c1cccc(Cl)c1F. The number of carbonyl (C=O) groups excluding carboxylic acids is 2. The van der Waals surface area contributed by atoms with Crippen LogP contribution >= 0.6 is 23.2 Å². The standard InChI is InChI=1S/C17H14Cl2F2N2O.C5H11NO3.C5H12/c18-13-3-1-2-9(17(13)21)11-6-22-7-12(11)10-4-15(20)14(19)5-16(10)23-8-24;7-3-5(9)1-2-6-4-8;1-5(2,3)4/h1-5,8,11-12,22H,6-7H2,(H,23,24);4-5,7,9H,1-3H2,(H,6,8);1-4H3/t11-,12+;5-;/m11./s1. The van der Waals surface area contributed by atoms with Crippen molar-refractivity contribution >= 4 is 41.7 Å². The summed E-state index contributed by atoms with van der Waals surface area (Å²) in [4.78, 5) is 20.5. The predicted octanol–water partition coefficient (Wildman–Crippen LogP) is 4.84. The van der Waals surface area contributed by atoms with Gasteiger partial charge in [-0.05, 0) is 41.2 Å². The maximum Gasteiger partial charge on any atom is 0.211 e. The van der Waals surface area contributed by atoms with Crippen LogP contribution in [0.2, 0.25) is 10.0 Å². The van der Waals surface area contributed by atoms with Crippen LogP contribution in [0.3, 0.4) is 0 Å². The molecule has 2 aromatic rings. The van der Waals surface area contributed by atoms with Gasteiger partial charge in [0, 0.05) is 37.2 Å². The molecule has 0 aliphatic carbocycles. The van der Waals surface area contributed by atoms with Crippen LogP contribution in [0.25, 0.3) is 0 Å². The average Bonchev–Trinajstić information content (AvgIpc) is 3.32. The van der Waals surface area contributed by atoms with Gasteiger partial charge in [0.1, 0.15) is 11.6 Å². The third-order valence-corrected chi connectivity index (χ3v) is 5.80. The summed E-state index contributed by atoms with van der Waals surface area (Å²) in [6.45, 7) is 9.95. The number of amides is 2. The third kappa shape index (κ3) is 11.6. The van der Waals surface area contributed by atoms with E-state index in [1.54, 1.807) is 12.1 Å². The van der Waals surface area contributed by atoms with Crippen molar-refractivity contribution < 1.29 is 28.6 Å². The summed E-state index contributed by atoms with van der Waals surface area (Å²) in [5.74, 6) is -1.53. The highest BCUT2D eigenvalue weighted by atomic mass is 35.5. The molecule has 7 nitrogen and oxygen atoms in total. The van der Waals surface area contributed by atoms with Gasteiger partial charge in [-0.15, -0.1) is 0 Å². The van der Waals surface area contributed by atoms with Crippen molar-refractivity contribution in [2.24, 2.45) is 5.41 Å². The lowest BCUT2D eigenvalue weighted by Crippen LogP contribution is -2.21. The van der Waals surface area contributed by atoms with E-state index in [0.717, 1.165) is 0 Å². The Labute approximate surface area is 232 Å². The second-order valence-electron chi connectivity index (χ2n) is 10.3. The topological polar surface area (TPSA) is 111 Å². The number of aliphatic hydroxyl groups excluding tert-OH is 2. The van der Waals surface area contributed by atoms with Crippen molar-refractivity contribution in [1.82, 2.24) is 10.6 Å². The number of hydrogen-bond donors (Lipinski definition) is 5. The minimum Gasteiger partial charge on any atom is -0.394 e. The van der Waals surface area contributed by atoms with Crippen molar-refractivity contribution in [1.29, 1.82) is 0 Å². The molecule has 212 valence electrons. The van der Waals surface area contributed by atoms with E-state index in [9.17, 15) is 18.4 Å². The molecule has 1 aliphatic heterocycles. The van der Waals surface area contributed by atoms with Crippen molar-refractivity contribution in [2.75, 3.05) is 31.6 Å². The second-order valence-corrected chi connectivity index (χ2v) is 11.1. The number of carbonyl (C=O) groups is 2. The quantitative estimate of drug-likeness (QED) is 0.217. The molecule has 0 spiro atoms. The fourth-order valence-corrected chi connectivity index (χ4v) is 3.94. The fraction of sp³-hybridized carbons (Fsp3) is 0.481. The van der Waals surface area contributed by atoms with E-state index in [2.05, 4.69) is 43.6 Å². The van der Waals surface area contributed by atoms with Crippen molar-refractivity contribution in [3.8, 4) is 0 Å². The monoisotopic (exact) mass is 575 g/mol. The molecule has 2 amide bonds. The molecule has 0 saturated carbocycles. The molecule has 1 aliphatic rings. The molecule has 11 heteroatoms. The number of anilines is 1. The van der Waals surface area contributed by atoms with Crippen molar-refractivity contribution in [3.63, 3.8) is 0 Å². The van der Waals surface area contributed by atoms with E-state index in [4.69, 9.17) is 33.4 Å². The van der Waals surface area contributed by atoms with Crippen LogP contribution < -0.4 is 16.0 Å². The number of benzene rings is 2. The number of rotatable bonds is 9. The van der Waals surface area contributed by atoms with Gasteiger partial charge in [0.2, 0.25) is 12.8 Å². The zero-order valence-corrected chi connectivity index (χ0v) is 23.5. The van der Waals surface area contributed by atoms with Crippen LogP contribution in [-0.4, -0.2) is 55.4 Å². The molecule has 3 rings (SSSR count). The lowest BCUT2D eigenvalue weighted by molar-refractivity contribution is -0.109. The average molecular weight is 577 g/mol. The first kappa shape index (κ1) is 33.7. The maximum atomic E-state index is 14.4. The molecule has 0 unspecified atom stereocenters. The van der Waals surface area contributed by atoms with Gasteiger partial charge in [-0.25, -0.2) is 8.78 Å². The fourth-order valence-electron chi connectivity index (χ4n) is 3.60. The molecular weight excluding hydrogens is 539 g/mol. The van der Waals surface area contributed by atoms with E-state index >= 15 is 0 Å². The van der Waals surface area contributed by atoms with Crippen LogP contribution in [0.4, 0.5) is 14.5 Å². The van der Waals surface area contributed by atoms with Gasteiger partial charge < -0.3 is 26.2 Å². The number of hydrogen-bond acceptors (Lipinski definition) is 5. The van der Waals surface area contributed by atoms with Gasteiger partial charge in [0.25, 0.3) is 0 Å². The van der Waals surface area contributed by atoms with Crippen LogP contribution in [0.15, 0.2) is 30.3 Å². The smallest absolute Gasteiger partial charge is 0.211 e. The van der Waals surface area contributed by atoms with E-state index in [-0.39, 0.29) is 28.5 Å². The summed E-state index contributed by atoms with van der Waals surface area (Å²) in [6.07, 6.45) is 0.751. The Hall–Kier alpha value is -2.30. The van der Waals surface area contributed by atoms with Gasteiger partial charge in [0.05, 0.1) is 22.8 Å². The molecule has 0 radical (unpaired) electrons. The van der Waals surface area contributed by atoms with E-state index in [1.807, 2.05) is 0 Å². The third-order valence-electron chi connectivity index (χ3n) is 5.22. The Morgan fingerprint density at radius 3 is 2.21 bits per heavy atom. The van der Waals surface area contributed by atoms with Crippen molar-refractivity contribution in [3.05, 3.63) is 63.1 Å². The van der Waals surface area contributed by atoms with E-state index in [1.165, 1.54) is 18.2 Å². The van der Waals surface area contributed by atoms with Crippen LogP contribution in [0.1, 0.15) is 57.1 Å². The summed E-state index contributed by atoms with van der Waals surface area (Å²) < 4.78 is 28.4. The Balaban J connectivity index is 0.000000428. The Morgan fingerprint density at radius 2 is 1.66 bits per heavy atom. The number of halogens is 4. The molecule has 2 aromatic carbocycles. The number of aliphatic hydroxyl groups is 2. The second kappa shape index (κ2) is 16.6. The predicted molar refractivity (Wildman–Crippen MR) is 148 cm³/mol. The summed E-state index contributed by atoms with van der Waals surface area (Å²) in [5.41, 5.74) is 1.95. The largest absolute Gasteiger partial charge is 0.394 e. The van der Waals surface area contributed by atoms with Crippen LogP contribution in [0, 0.1) is 17.0 Å². The highest BCUT2D eigenvalue weighted by Crippen LogP contribution is 2.42. The van der Waals surface area contributed by atoms with Gasteiger partial charge in [-0.3, -0.25) is 9.59 Å². The molecule has 1 fully saturated rings. The van der Waals surface area contributed by atoms with Crippen molar-refractivity contribution in [2.45, 2.75) is 52.1 Å². The van der Waals surface area contributed by atoms with Gasteiger partial charge in [0.15, 0.2) is 0 Å². The molecular formula is C27H37Cl2F2N3O4. The summed E-state index contributed by atoms with van der Waals surface area (Å²) >= 11 is 11.7. The van der Waals surface area contributed by atoms with Gasteiger partial charge in [-0.2, -0.15) is 0 Å². The van der Waals surface area contributed by atoms with Gasteiger partial charge in [-0.1, -0.05) is 63.0 Å². The lowest BCUT2D eigenvalue weighted by atomic mass is 9.83. The maximum absolute atomic E-state index is 14.4. The minimum atomic E-state index is -0.711. The zero-order valence-electron chi connectivity index (χ0n) is 22.0. The molecule has 5 N–H and O–H groups in total. The van der Waals surface area contributed by atoms with E-state index in [0.29, 0.717) is 61.1 Å². The Morgan fingerprint density at radius 1 is 1.05 bits per heavy atom. The first-order valence-electron chi connectivity index (χ1n) is 12.1. The lowest BCUT2D eigenvalue weighted by Gasteiger charge is -2.23. The first-order chi connectivity index (χ1) is 17.8.